The molecule has 0 bridgehead atoms. The van der Waals surface area contributed by atoms with Gasteiger partial charge in [-0.1, -0.05) is 18.6 Å². The van der Waals surface area contributed by atoms with E-state index in [1.807, 2.05) is 12.1 Å². The molecule has 0 saturated heterocycles. The van der Waals surface area contributed by atoms with Gasteiger partial charge in [0.1, 0.15) is 0 Å². The number of carbonyl (C=O) groups is 1. The Morgan fingerprint density at radius 1 is 1.33 bits per heavy atom. The number of aliphatic hydroxyl groups excluding tert-OH is 1. The van der Waals surface area contributed by atoms with Gasteiger partial charge in [-0.05, 0) is 30.5 Å². The second-order valence-electron chi connectivity index (χ2n) is 4.85. The van der Waals surface area contributed by atoms with Crippen LogP contribution in [0.3, 0.4) is 0 Å². The molecule has 4 heteroatoms. The summed E-state index contributed by atoms with van der Waals surface area (Å²) in [5.41, 5.74) is 7.18. The number of hydrogen-bond acceptors (Lipinski definition) is 3. The van der Waals surface area contributed by atoms with Crippen LogP contribution < -0.4 is 11.1 Å². The van der Waals surface area contributed by atoms with E-state index in [1.54, 1.807) is 12.1 Å². The van der Waals surface area contributed by atoms with Crippen molar-refractivity contribution in [2.45, 2.75) is 31.8 Å². The van der Waals surface area contributed by atoms with Gasteiger partial charge in [-0.25, -0.2) is 0 Å². The quantitative estimate of drug-likeness (QED) is 0.745. The molecule has 1 aliphatic carbocycles. The highest BCUT2D eigenvalue weighted by Gasteiger charge is 2.27. The van der Waals surface area contributed by atoms with E-state index >= 15 is 0 Å². The third-order valence-corrected chi connectivity index (χ3v) is 3.66. The highest BCUT2D eigenvalue weighted by atomic mass is 16.3. The number of benzene rings is 1. The lowest BCUT2D eigenvalue weighted by atomic mass is 10.0. The Hall–Kier alpha value is -1.39. The van der Waals surface area contributed by atoms with Crippen molar-refractivity contribution < 1.29 is 9.90 Å². The lowest BCUT2D eigenvalue weighted by Gasteiger charge is -2.19. The minimum Gasteiger partial charge on any atom is -0.396 e. The van der Waals surface area contributed by atoms with Crippen molar-refractivity contribution in [3.63, 3.8) is 0 Å². The SMILES string of the molecule is NCc1ccc(C(=O)NC2CCCC2CO)cc1. The minimum atomic E-state index is -0.0658. The largest absolute Gasteiger partial charge is 0.396 e. The molecular weight excluding hydrogens is 228 g/mol. The van der Waals surface area contributed by atoms with Crippen LogP contribution in [0.1, 0.15) is 35.2 Å². The Morgan fingerprint density at radius 3 is 2.67 bits per heavy atom. The van der Waals surface area contributed by atoms with Crippen LogP contribution >= 0.6 is 0 Å². The van der Waals surface area contributed by atoms with E-state index in [-0.39, 0.29) is 24.5 Å². The molecule has 1 aromatic carbocycles. The van der Waals surface area contributed by atoms with Gasteiger partial charge >= 0.3 is 0 Å². The maximum Gasteiger partial charge on any atom is 0.251 e. The summed E-state index contributed by atoms with van der Waals surface area (Å²) in [4.78, 5) is 12.0. The fourth-order valence-corrected chi connectivity index (χ4v) is 2.49. The van der Waals surface area contributed by atoms with Crippen LogP contribution in [0.25, 0.3) is 0 Å². The van der Waals surface area contributed by atoms with Crippen molar-refractivity contribution in [2.75, 3.05) is 6.61 Å². The topological polar surface area (TPSA) is 75.4 Å². The molecule has 1 saturated carbocycles. The van der Waals surface area contributed by atoms with Gasteiger partial charge in [0, 0.05) is 30.7 Å². The zero-order valence-electron chi connectivity index (χ0n) is 10.4. The van der Waals surface area contributed by atoms with Crippen LogP contribution in [-0.4, -0.2) is 23.7 Å². The van der Waals surface area contributed by atoms with Gasteiger partial charge in [0.25, 0.3) is 5.91 Å². The Labute approximate surface area is 107 Å². The molecule has 0 heterocycles. The number of aliphatic hydroxyl groups is 1. The lowest BCUT2D eigenvalue weighted by Crippen LogP contribution is -2.38. The van der Waals surface area contributed by atoms with E-state index in [1.165, 1.54) is 0 Å². The Balaban J connectivity index is 1.98. The van der Waals surface area contributed by atoms with Gasteiger partial charge in [0.05, 0.1) is 0 Å². The first-order chi connectivity index (χ1) is 8.74. The zero-order valence-corrected chi connectivity index (χ0v) is 10.4. The van der Waals surface area contributed by atoms with E-state index in [0.29, 0.717) is 12.1 Å². The van der Waals surface area contributed by atoms with E-state index in [0.717, 1.165) is 24.8 Å². The molecule has 18 heavy (non-hydrogen) atoms. The molecule has 1 aromatic rings. The first-order valence-electron chi connectivity index (χ1n) is 6.45. The van der Waals surface area contributed by atoms with Crippen molar-refractivity contribution in [3.8, 4) is 0 Å². The summed E-state index contributed by atoms with van der Waals surface area (Å²) in [5.74, 6) is 0.140. The maximum atomic E-state index is 12.0. The number of hydrogen-bond donors (Lipinski definition) is 3. The molecule has 4 nitrogen and oxygen atoms in total. The summed E-state index contributed by atoms with van der Waals surface area (Å²) >= 11 is 0. The first-order valence-corrected chi connectivity index (χ1v) is 6.45. The van der Waals surface area contributed by atoms with Gasteiger partial charge in [0.15, 0.2) is 0 Å². The van der Waals surface area contributed by atoms with E-state index in [2.05, 4.69) is 5.32 Å². The van der Waals surface area contributed by atoms with Crippen molar-refractivity contribution in [1.29, 1.82) is 0 Å². The molecule has 2 unspecified atom stereocenters. The van der Waals surface area contributed by atoms with Gasteiger partial charge in [-0.15, -0.1) is 0 Å². The maximum absolute atomic E-state index is 12.0. The molecule has 2 atom stereocenters. The summed E-state index contributed by atoms with van der Waals surface area (Å²) < 4.78 is 0. The average Bonchev–Trinajstić information content (AvgIpc) is 2.86. The van der Waals surface area contributed by atoms with Gasteiger partial charge in [-0.3, -0.25) is 4.79 Å². The monoisotopic (exact) mass is 248 g/mol. The van der Waals surface area contributed by atoms with Crippen LogP contribution in [0, 0.1) is 5.92 Å². The van der Waals surface area contributed by atoms with Crippen LogP contribution in [-0.2, 0) is 6.54 Å². The van der Waals surface area contributed by atoms with Crippen molar-refractivity contribution >= 4 is 5.91 Å². The molecule has 2 rings (SSSR count). The molecule has 4 N–H and O–H groups in total. The summed E-state index contributed by atoms with van der Waals surface area (Å²) in [6.07, 6.45) is 3.02. The van der Waals surface area contributed by atoms with E-state index in [4.69, 9.17) is 5.73 Å². The van der Waals surface area contributed by atoms with Crippen LogP contribution in [0.5, 0.6) is 0 Å². The van der Waals surface area contributed by atoms with Crippen molar-refractivity contribution in [2.24, 2.45) is 11.7 Å². The fraction of sp³-hybridized carbons (Fsp3) is 0.500. The Morgan fingerprint density at radius 2 is 2.06 bits per heavy atom. The molecule has 1 aliphatic rings. The van der Waals surface area contributed by atoms with E-state index < -0.39 is 0 Å². The number of nitrogens with two attached hydrogens (primary N) is 1. The predicted molar refractivity (Wildman–Crippen MR) is 70.0 cm³/mol. The van der Waals surface area contributed by atoms with Gasteiger partial charge in [0.2, 0.25) is 0 Å². The predicted octanol–water partition coefficient (Wildman–Crippen LogP) is 1.04. The molecule has 0 aromatic heterocycles. The third-order valence-electron chi connectivity index (χ3n) is 3.66. The molecular formula is C14H20N2O2. The number of amides is 1. The molecule has 0 spiro atoms. The summed E-state index contributed by atoms with van der Waals surface area (Å²) in [6.45, 7) is 0.633. The first kappa shape index (κ1) is 13.1. The van der Waals surface area contributed by atoms with Crippen LogP contribution in [0.15, 0.2) is 24.3 Å². The lowest BCUT2D eigenvalue weighted by molar-refractivity contribution is 0.0916. The normalized spacial score (nSPS) is 23.0. The van der Waals surface area contributed by atoms with Crippen molar-refractivity contribution in [3.05, 3.63) is 35.4 Å². The average molecular weight is 248 g/mol. The summed E-state index contributed by atoms with van der Waals surface area (Å²) in [7, 11) is 0. The minimum absolute atomic E-state index is 0.0658. The van der Waals surface area contributed by atoms with Crippen LogP contribution in [0.2, 0.25) is 0 Å². The van der Waals surface area contributed by atoms with Gasteiger partial charge < -0.3 is 16.2 Å². The zero-order chi connectivity index (χ0) is 13.0. The Bertz CT molecular complexity index is 403. The molecule has 0 aliphatic heterocycles. The highest BCUT2D eigenvalue weighted by Crippen LogP contribution is 2.25. The van der Waals surface area contributed by atoms with Crippen molar-refractivity contribution in [1.82, 2.24) is 5.32 Å². The molecule has 0 radical (unpaired) electrons. The summed E-state index contributed by atoms with van der Waals surface area (Å²) in [5, 5.41) is 12.2. The fourth-order valence-electron chi connectivity index (χ4n) is 2.49. The third kappa shape index (κ3) is 2.89. The van der Waals surface area contributed by atoms with E-state index in [9.17, 15) is 9.90 Å². The molecule has 1 fully saturated rings. The second kappa shape index (κ2) is 5.98. The second-order valence-corrected chi connectivity index (χ2v) is 4.85. The van der Waals surface area contributed by atoms with Gasteiger partial charge in [-0.2, -0.15) is 0 Å². The number of carbonyl (C=O) groups excluding carboxylic acids is 1. The van der Waals surface area contributed by atoms with Crippen LogP contribution in [0.4, 0.5) is 0 Å². The molecule has 98 valence electrons. The summed E-state index contributed by atoms with van der Waals surface area (Å²) in [6, 6.07) is 7.43. The highest BCUT2D eigenvalue weighted by molar-refractivity contribution is 5.94. The number of rotatable bonds is 4. The number of nitrogens with one attached hydrogen (secondary N) is 1. The standard InChI is InChI=1S/C14H20N2O2/c15-8-10-4-6-11(7-5-10)14(18)16-13-3-1-2-12(13)9-17/h4-7,12-13,17H,1-3,8-9,15H2,(H,16,18). The Kier molecular flexibility index (Phi) is 4.33. The molecule has 1 amide bonds. The smallest absolute Gasteiger partial charge is 0.251 e.